The van der Waals surface area contributed by atoms with Crippen molar-refractivity contribution < 1.29 is 9.53 Å². The second-order valence-electron chi connectivity index (χ2n) is 6.18. The first-order valence-corrected chi connectivity index (χ1v) is 9.70. The minimum Gasteiger partial charge on any atom is -0.496 e. The molecule has 1 N–H and O–H groups in total. The fourth-order valence-corrected chi connectivity index (χ4v) is 3.60. The molecule has 0 spiro atoms. The number of aryl methyl sites for hydroxylation is 1. The van der Waals surface area contributed by atoms with Crippen LogP contribution in [0.15, 0.2) is 60.0 Å². The molecule has 0 atom stereocenters. The summed E-state index contributed by atoms with van der Waals surface area (Å²) in [5, 5.41) is 3.74. The molecule has 0 unspecified atom stereocenters. The predicted octanol–water partition coefficient (Wildman–Crippen LogP) is 3.91. The number of amides is 1. The largest absolute Gasteiger partial charge is 0.496 e. The SMILES string of the molecule is COc1ccccc1CNC(=O)CSc1nccn1-c1cccc(C)c1C. The molecule has 0 bridgehead atoms. The van der Waals surface area contributed by atoms with E-state index in [0.29, 0.717) is 12.3 Å². The van der Waals surface area contributed by atoms with Crippen molar-refractivity contribution >= 4 is 17.7 Å². The standard InChI is InChI=1S/C21H23N3O2S/c1-15-7-6-9-18(16(15)2)24-12-11-22-21(24)27-14-20(25)23-13-17-8-4-5-10-19(17)26-3/h4-12H,13-14H2,1-3H3,(H,23,25). The summed E-state index contributed by atoms with van der Waals surface area (Å²) in [6, 6.07) is 13.9. The van der Waals surface area contributed by atoms with Gasteiger partial charge in [-0.25, -0.2) is 4.98 Å². The van der Waals surface area contributed by atoms with Gasteiger partial charge in [0.1, 0.15) is 5.75 Å². The Morgan fingerprint density at radius 1 is 1.19 bits per heavy atom. The minimum absolute atomic E-state index is 0.0404. The predicted molar refractivity (Wildman–Crippen MR) is 109 cm³/mol. The fourth-order valence-electron chi connectivity index (χ4n) is 2.80. The number of para-hydroxylation sites is 1. The van der Waals surface area contributed by atoms with Gasteiger partial charge in [-0.15, -0.1) is 0 Å². The molecular weight excluding hydrogens is 358 g/mol. The molecule has 2 aromatic carbocycles. The second kappa shape index (κ2) is 8.77. The van der Waals surface area contributed by atoms with Gasteiger partial charge in [0, 0.05) is 24.5 Å². The zero-order chi connectivity index (χ0) is 19.2. The molecule has 140 valence electrons. The van der Waals surface area contributed by atoms with Crippen LogP contribution in [0.25, 0.3) is 5.69 Å². The molecule has 0 saturated heterocycles. The number of carbonyl (C=O) groups excluding carboxylic acids is 1. The van der Waals surface area contributed by atoms with Crippen LogP contribution in [0.1, 0.15) is 16.7 Å². The quantitative estimate of drug-likeness (QED) is 0.631. The molecule has 0 saturated carbocycles. The summed E-state index contributed by atoms with van der Waals surface area (Å²) in [5.74, 6) is 1.04. The Morgan fingerprint density at radius 2 is 2.00 bits per heavy atom. The van der Waals surface area contributed by atoms with Gasteiger partial charge in [-0.1, -0.05) is 42.1 Å². The van der Waals surface area contributed by atoms with E-state index in [4.69, 9.17) is 4.74 Å². The smallest absolute Gasteiger partial charge is 0.230 e. The van der Waals surface area contributed by atoms with Gasteiger partial charge in [-0.05, 0) is 37.1 Å². The van der Waals surface area contributed by atoms with Crippen LogP contribution < -0.4 is 10.1 Å². The minimum atomic E-state index is -0.0404. The number of rotatable bonds is 7. The third-order valence-electron chi connectivity index (χ3n) is 4.44. The van der Waals surface area contributed by atoms with E-state index in [9.17, 15) is 4.79 Å². The fraction of sp³-hybridized carbons (Fsp3) is 0.238. The number of nitrogens with zero attached hydrogens (tertiary/aromatic N) is 2. The molecule has 5 nitrogen and oxygen atoms in total. The van der Waals surface area contributed by atoms with Crippen LogP contribution in [0.4, 0.5) is 0 Å². The molecule has 1 aromatic heterocycles. The number of hydrogen-bond donors (Lipinski definition) is 1. The summed E-state index contributed by atoms with van der Waals surface area (Å²) in [4.78, 5) is 16.7. The lowest BCUT2D eigenvalue weighted by Gasteiger charge is -2.12. The Morgan fingerprint density at radius 3 is 2.81 bits per heavy atom. The average Bonchev–Trinajstić information content (AvgIpc) is 3.15. The highest BCUT2D eigenvalue weighted by Gasteiger charge is 2.12. The Bertz CT molecular complexity index is 937. The Kier molecular flexibility index (Phi) is 6.19. The van der Waals surface area contributed by atoms with Gasteiger partial charge < -0.3 is 10.1 Å². The Labute approximate surface area is 163 Å². The van der Waals surface area contributed by atoms with Crippen molar-refractivity contribution in [1.82, 2.24) is 14.9 Å². The third kappa shape index (κ3) is 4.52. The van der Waals surface area contributed by atoms with E-state index in [2.05, 4.69) is 36.3 Å². The first-order chi connectivity index (χ1) is 13.1. The van der Waals surface area contributed by atoms with Gasteiger partial charge in [0.05, 0.1) is 18.6 Å². The Balaban J connectivity index is 1.62. The normalized spacial score (nSPS) is 10.6. The summed E-state index contributed by atoms with van der Waals surface area (Å²) in [5.41, 5.74) is 4.48. The number of imidazole rings is 1. The number of aromatic nitrogens is 2. The molecule has 3 aromatic rings. The number of nitrogens with one attached hydrogen (secondary N) is 1. The van der Waals surface area contributed by atoms with Crippen LogP contribution in [0.5, 0.6) is 5.75 Å². The maximum absolute atomic E-state index is 12.3. The van der Waals surface area contributed by atoms with Crippen molar-refractivity contribution in [2.75, 3.05) is 12.9 Å². The van der Waals surface area contributed by atoms with Gasteiger partial charge in [0.2, 0.25) is 5.91 Å². The molecule has 1 amide bonds. The van der Waals surface area contributed by atoms with Gasteiger partial charge >= 0.3 is 0 Å². The number of methoxy groups -OCH3 is 1. The van der Waals surface area contributed by atoms with E-state index in [0.717, 1.165) is 22.2 Å². The van der Waals surface area contributed by atoms with Gasteiger partial charge in [-0.3, -0.25) is 9.36 Å². The van der Waals surface area contributed by atoms with Crippen molar-refractivity contribution in [1.29, 1.82) is 0 Å². The van der Waals surface area contributed by atoms with Crippen molar-refractivity contribution in [2.24, 2.45) is 0 Å². The summed E-state index contributed by atoms with van der Waals surface area (Å²) in [7, 11) is 1.63. The van der Waals surface area contributed by atoms with Crippen LogP contribution in [0.2, 0.25) is 0 Å². The van der Waals surface area contributed by atoms with Gasteiger partial charge in [0.15, 0.2) is 5.16 Å². The molecule has 0 aliphatic carbocycles. The van der Waals surface area contributed by atoms with Crippen LogP contribution >= 0.6 is 11.8 Å². The van der Waals surface area contributed by atoms with E-state index < -0.39 is 0 Å². The lowest BCUT2D eigenvalue weighted by atomic mass is 10.1. The van der Waals surface area contributed by atoms with Gasteiger partial charge in [0.25, 0.3) is 0 Å². The summed E-state index contributed by atoms with van der Waals surface area (Å²) < 4.78 is 7.34. The van der Waals surface area contributed by atoms with Crippen molar-refractivity contribution in [2.45, 2.75) is 25.5 Å². The Hall–Kier alpha value is -2.73. The molecule has 0 fully saturated rings. The third-order valence-corrected chi connectivity index (χ3v) is 5.41. The highest BCUT2D eigenvalue weighted by atomic mass is 32.2. The van der Waals surface area contributed by atoms with Crippen LogP contribution in [-0.4, -0.2) is 28.3 Å². The highest BCUT2D eigenvalue weighted by molar-refractivity contribution is 7.99. The van der Waals surface area contributed by atoms with Gasteiger partial charge in [-0.2, -0.15) is 0 Å². The molecule has 1 heterocycles. The lowest BCUT2D eigenvalue weighted by Crippen LogP contribution is -2.25. The monoisotopic (exact) mass is 381 g/mol. The molecule has 0 radical (unpaired) electrons. The summed E-state index contributed by atoms with van der Waals surface area (Å²) >= 11 is 1.42. The number of benzene rings is 2. The first-order valence-electron chi connectivity index (χ1n) is 8.71. The van der Waals surface area contributed by atoms with Crippen molar-refractivity contribution in [3.63, 3.8) is 0 Å². The van der Waals surface area contributed by atoms with Crippen LogP contribution in [0.3, 0.4) is 0 Å². The van der Waals surface area contributed by atoms with E-state index >= 15 is 0 Å². The maximum atomic E-state index is 12.3. The van der Waals surface area contributed by atoms with Crippen LogP contribution in [0, 0.1) is 13.8 Å². The summed E-state index contributed by atoms with van der Waals surface area (Å²) in [6.07, 6.45) is 3.69. The summed E-state index contributed by atoms with van der Waals surface area (Å²) in [6.45, 7) is 4.63. The topological polar surface area (TPSA) is 56.1 Å². The van der Waals surface area contributed by atoms with Crippen molar-refractivity contribution in [3.8, 4) is 11.4 Å². The first kappa shape index (κ1) is 19.0. The zero-order valence-corrected chi connectivity index (χ0v) is 16.5. The number of thioether (sulfide) groups is 1. The number of ether oxygens (including phenoxy) is 1. The lowest BCUT2D eigenvalue weighted by molar-refractivity contribution is -0.118. The molecule has 3 rings (SSSR count). The second-order valence-corrected chi connectivity index (χ2v) is 7.12. The molecule has 0 aliphatic rings. The zero-order valence-electron chi connectivity index (χ0n) is 15.7. The van der Waals surface area contributed by atoms with E-state index in [1.165, 1.54) is 22.9 Å². The molecular formula is C21H23N3O2S. The van der Waals surface area contributed by atoms with E-state index in [1.807, 2.05) is 41.1 Å². The highest BCUT2D eigenvalue weighted by Crippen LogP contribution is 2.24. The van der Waals surface area contributed by atoms with E-state index in [-0.39, 0.29) is 5.91 Å². The molecule has 0 aliphatic heterocycles. The van der Waals surface area contributed by atoms with Crippen molar-refractivity contribution in [3.05, 3.63) is 71.5 Å². The molecule has 27 heavy (non-hydrogen) atoms. The average molecular weight is 382 g/mol. The van der Waals surface area contributed by atoms with Crippen LogP contribution in [-0.2, 0) is 11.3 Å². The molecule has 6 heteroatoms. The number of carbonyl (C=O) groups is 1. The maximum Gasteiger partial charge on any atom is 0.230 e. The van der Waals surface area contributed by atoms with E-state index in [1.54, 1.807) is 13.3 Å². The number of hydrogen-bond acceptors (Lipinski definition) is 4.